The Morgan fingerprint density at radius 2 is 1.62 bits per heavy atom. The van der Waals surface area contributed by atoms with Crippen molar-refractivity contribution in [2.45, 2.75) is 18.6 Å². The molecule has 1 aliphatic rings. The summed E-state index contributed by atoms with van der Waals surface area (Å²) in [6, 6.07) is -0.349. The molecule has 0 bridgehead atoms. The summed E-state index contributed by atoms with van der Waals surface area (Å²) in [4.78, 5) is 1.32. The van der Waals surface area contributed by atoms with Gasteiger partial charge in [0.25, 0.3) is 0 Å². The summed E-state index contributed by atoms with van der Waals surface area (Å²) in [6.45, 7) is 1.23. The molecule has 1 aromatic rings. The number of alkyl halides is 3. The molecule has 0 amide bonds. The number of rotatable bonds is 3. The van der Waals surface area contributed by atoms with Gasteiger partial charge in [0, 0.05) is 37.8 Å². The third kappa shape index (κ3) is 3.88. The molecule has 0 aliphatic carbocycles. The van der Waals surface area contributed by atoms with Gasteiger partial charge in [0.05, 0.1) is 6.42 Å². The minimum Gasteiger partial charge on any atom is -0.314 e. The van der Waals surface area contributed by atoms with Gasteiger partial charge >= 0.3 is 6.18 Å². The first-order chi connectivity index (χ1) is 9.79. The lowest BCUT2D eigenvalue weighted by Gasteiger charge is -2.35. The van der Waals surface area contributed by atoms with Crippen LogP contribution in [0.2, 0.25) is 0 Å². The van der Waals surface area contributed by atoms with Crippen LogP contribution in [0.25, 0.3) is 0 Å². The standard InChI is InChI=1S/C13H14F6N2/c14-8-1-2-9(15)12(16)11(8)10(7-13(17,18)19)21-5-3-20-4-6-21/h1-2,10,20H,3-7H2/t10-/m0/s1. The van der Waals surface area contributed by atoms with Crippen molar-refractivity contribution in [3.63, 3.8) is 0 Å². The van der Waals surface area contributed by atoms with Crippen molar-refractivity contribution in [1.82, 2.24) is 10.2 Å². The van der Waals surface area contributed by atoms with Crippen molar-refractivity contribution in [2.75, 3.05) is 26.2 Å². The molecule has 21 heavy (non-hydrogen) atoms. The minimum absolute atomic E-state index is 0.205. The normalized spacial score (nSPS) is 18.8. The average molecular weight is 312 g/mol. The monoisotopic (exact) mass is 312 g/mol. The lowest BCUT2D eigenvalue weighted by atomic mass is 9.99. The molecule has 1 fully saturated rings. The third-order valence-corrected chi connectivity index (χ3v) is 3.43. The number of hydrogen-bond acceptors (Lipinski definition) is 2. The maximum Gasteiger partial charge on any atom is 0.390 e. The molecule has 8 heteroatoms. The fourth-order valence-corrected chi connectivity index (χ4v) is 2.47. The van der Waals surface area contributed by atoms with E-state index in [2.05, 4.69) is 5.32 Å². The summed E-state index contributed by atoms with van der Waals surface area (Å²) in [7, 11) is 0. The zero-order chi connectivity index (χ0) is 15.6. The Labute approximate surface area is 117 Å². The smallest absolute Gasteiger partial charge is 0.314 e. The quantitative estimate of drug-likeness (QED) is 0.682. The molecular formula is C13H14F6N2. The van der Waals surface area contributed by atoms with E-state index in [0.29, 0.717) is 25.2 Å². The van der Waals surface area contributed by atoms with Gasteiger partial charge in [-0.25, -0.2) is 13.2 Å². The predicted octanol–water partition coefficient (Wildman–Crippen LogP) is 3.00. The molecule has 1 heterocycles. The van der Waals surface area contributed by atoms with Gasteiger partial charge in [0.15, 0.2) is 11.6 Å². The highest BCUT2D eigenvalue weighted by Gasteiger charge is 2.38. The van der Waals surface area contributed by atoms with Crippen molar-refractivity contribution >= 4 is 0 Å². The van der Waals surface area contributed by atoms with Gasteiger partial charge in [-0.15, -0.1) is 0 Å². The van der Waals surface area contributed by atoms with Gasteiger partial charge in [-0.2, -0.15) is 13.2 Å². The molecule has 1 saturated heterocycles. The molecule has 2 nitrogen and oxygen atoms in total. The molecule has 0 saturated carbocycles. The van der Waals surface area contributed by atoms with Crippen molar-refractivity contribution in [3.05, 3.63) is 35.1 Å². The van der Waals surface area contributed by atoms with E-state index in [-0.39, 0.29) is 13.1 Å². The van der Waals surface area contributed by atoms with Crippen molar-refractivity contribution < 1.29 is 26.3 Å². The number of nitrogens with one attached hydrogen (secondary N) is 1. The van der Waals surface area contributed by atoms with Crippen LogP contribution >= 0.6 is 0 Å². The van der Waals surface area contributed by atoms with Crippen molar-refractivity contribution in [1.29, 1.82) is 0 Å². The summed E-state index contributed by atoms with van der Waals surface area (Å²) in [6.07, 6.45) is -6.04. The average Bonchev–Trinajstić information content (AvgIpc) is 2.42. The van der Waals surface area contributed by atoms with E-state index in [9.17, 15) is 26.3 Å². The van der Waals surface area contributed by atoms with Crippen LogP contribution in [-0.4, -0.2) is 37.3 Å². The topological polar surface area (TPSA) is 15.3 Å². The highest BCUT2D eigenvalue weighted by Crippen LogP contribution is 2.36. The first-order valence-electron chi connectivity index (χ1n) is 6.44. The van der Waals surface area contributed by atoms with Crippen LogP contribution < -0.4 is 5.32 Å². The van der Waals surface area contributed by atoms with E-state index < -0.39 is 41.7 Å². The van der Waals surface area contributed by atoms with Gasteiger partial charge < -0.3 is 5.32 Å². The fourth-order valence-electron chi connectivity index (χ4n) is 2.47. The fraction of sp³-hybridized carbons (Fsp3) is 0.538. The molecule has 0 spiro atoms. The highest BCUT2D eigenvalue weighted by molar-refractivity contribution is 5.25. The Hall–Kier alpha value is -1.28. The van der Waals surface area contributed by atoms with E-state index in [1.165, 1.54) is 4.90 Å². The summed E-state index contributed by atoms with van der Waals surface area (Å²) in [5, 5.41) is 2.94. The second-order valence-electron chi connectivity index (χ2n) is 4.88. The van der Waals surface area contributed by atoms with Crippen LogP contribution in [0.15, 0.2) is 12.1 Å². The molecule has 0 radical (unpaired) electrons. The number of benzene rings is 1. The van der Waals surface area contributed by atoms with Crippen LogP contribution in [0.1, 0.15) is 18.0 Å². The van der Waals surface area contributed by atoms with E-state index >= 15 is 0 Å². The second kappa shape index (κ2) is 6.23. The van der Waals surface area contributed by atoms with Gasteiger partial charge in [-0.3, -0.25) is 4.90 Å². The van der Waals surface area contributed by atoms with E-state index in [4.69, 9.17) is 0 Å². The van der Waals surface area contributed by atoms with E-state index in [0.717, 1.165) is 0 Å². The number of nitrogens with zero attached hydrogens (tertiary/aromatic N) is 1. The molecule has 1 aromatic carbocycles. The molecule has 1 aliphatic heterocycles. The van der Waals surface area contributed by atoms with Gasteiger partial charge in [-0.05, 0) is 12.1 Å². The van der Waals surface area contributed by atoms with E-state index in [1.807, 2.05) is 0 Å². The van der Waals surface area contributed by atoms with Crippen LogP contribution in [-0.2, 0) is 0 Å². The lowest BCUT2D eigenvalue weighted by molar-refractivity contribution is -0.149. The van der Waals surface area contributed by atoms with Crippen LogP contribution in [0.4, 0.5) is 26.3 Å². The largest absolute Gasteiger partial charge is 0.390 e. The lowest BCUT2D eigenvalue weighted by Crippen LogP contribution is -2.46. The summed E-state index contributed by atoms with van der Waals surface area (Å²) < 4.78 is 79.1. The van der Waals surface area contributed by atoms with Gasteiger partial charge in [0.2, 0.25) is 0 Å². The number of piperazine rings is 1. The SMILES string of the molecule is Fc1ccc(F)c([C@H](CC(F)(F)F)N2CCNCC2)c1F. The zero-order valence-electron chi connectivity index (χ0n) is 11.0. The van der Waals surface area contributed by atoms with E-state index in [1.54, 1.807) is 0 Å². The molecule has 1 atom stereocenters. The van der Waals surface area contributed by atoms with Crippen molar-refractivity contribution in [3.8, 4) is 0 Å². The molecular weight excluding hydrogens is 298 g/mol. The third-order valence-electron chi connectivity index (χ3n) is 3.43. The Bertz CT molecular complexity index is 496. The Balaban J connectivity index is 2.41. The van der Waals surface area contributed by atoms with Crippen LogP contribution in [0.5, 0.6) is 0 Å². The Morgan fingerprint density at radius 1 is 1.05 bits per heavy atom. The number of halogens is 6. The van der Waals surface area contributed by atoms with Crippen LogP contribution in [0.3, 0.4) is 0 Å². The zero-order valence-corrected chi connectivity index (χ0v) is 11.0. The maximum atomic E-state index is 13.8. The Kier molecular flexibility index (Phi) is 4.77. The van der Waals surface area contributed by atoms with Crippen LogP contribution in [0, 0.1) is 17.5 Å². The highest BCUT2D eigenvalue weighted by atomic mass is 19.4. The summed E-state index contributed by atoms with van der Waals surface area (Å²) in [5.41, 5.74) is -0.853. The first-order valence-corrected chi connectivity index (χ1v) is 6.44. The number of hydrogen-bond donors (Lipinski definition) is 1. The first kappa shape index (κ1) is 16.1. The summed E-state index contributed by atoms with van der Waals surface area (Å²) >= 11 is 0. The van der Waals surface area contributed by atoms with Gasteiger partial charge in [-0.1, -0.05) is 0 Å². The molecule has 1 N–H and O–H groups in total. The predicted molar refractivity (Wildman–Crippen MR) is 64.2 cm³/mol. The molecule has 0 aromatic heterocycles. The minimum atomic E-state index is -4.61. The summed E-state index contributed by atoms with van der Waals surface area (Å²) in [5.74, 6) is -4.07. The second-order valence-corrected chi connectivity index (χ2v) is 4.88. The molecule has 2 rings (SSSR count). The molecule has 118 valence electrons. The Morgan fingerprint density at radius 3 is 2.19 bits per heavy atom. The molecule has 0 unspecified atom stereocenters. The van der Waals surface area contributed by atoms with Gasteiger partial charge in [0.1, 0.15) is 5.82 Å². The maximum absolute atomic E-state index is 13.8. The van der Waals surface area contributed by atoms with Crippen molar-refractivity contribution in [2.24, 2.45) is 0 Å².